The molecule has 5 N–H and O–H groups in total. The molecule has 0 saturated carbocycles. The Labute approximate surface area is 102 Å². The molecule has 0 aliphatic carbocycles. The maximum atomic E-state index is 5.62. The van der Waals surface area contributed by atoms with E-state index in [9.17, 15) is 0 Å². The second-order valence-electron chi connectivity index (χ2n) is 5.81. The van der Waals surface area contributed by atoms with E-state index < -0.39 is 0 Å². The fourth-order valence-corrected chi connectivity index (χ4v) is 4.37. The summed E-state index contributed by atoms with van der Waals surface area (Å²) >= 11 is 0. The molecule has 4 saturated heterocycles. The molecule has 4 rings (SSSR count). The highest BCUT2D eigenvalue weighted by Gasteiger charge is 2.63. The number of hydrogen-bond donors (Lipinski definition) is 4. The van der Waals surface area contributed by atoms with E-state index in [1.54, 1.807) is 0 Å². The molecule has 4 aliphatic heterocycles. The lowest BCUT2D eigenvalue weighted by molar-refractivity contribution is -0.145. The van der Waals surface area contributed by atoms with Crippen molar-refractivity contribution in [2.75, 3.05) is 26.4 Å². The van der Waals surface area contributed by atoms with E-state index in [0.29, 0.717) is 43.0 Å². The third-order valence-corrected chi connectivity index (χ3v) is 5.12. The first-order valence-electron chi connectivity index (χ1n) is 6.73. The van der Waals surface area contributed by atoms with Gasteiger partial charge in [0.1, 0.15) is 0 Å². The zero-order valence-electron chi connectivity index (χ0n) is 10.3. The third-order valence-electron chi connectivity index (χ3n) is 5.12. The predicted octanol–water partition coefficient (Wildman–Crippen LogP) is -2.32. The molecule has 0 radical (unpaired) electrons. The standard InChI is InChI=1S/C11H22N6/c1-6-7(13-4-12)2-16-10(6)17-3-8-9(11(16)17)15-5-14-8/h6-11,13-15H,2-5,12H2,1H3. The summed E-state index contributed by atoms with van der Waals surface area (Å²) < 4.78 is 0. The lowest BCUT2D eigenvalue weighted by atomic mass is 10.0. The average molecular weight is 238 g/mol. The maximum Gasteiger partial charge on any atom is 0.0823 e. The highest BCUT2D eigenvalue weighted by molar-refractivity contribution is 5.16. The Kier molecular flexibility index (Phi) is 2.28. The molecule has 0 aromatic rings. The van der Waals surface area contributed by atoms with Gasteiger partial charge in [0.05, 0.1) is 18.4 Å². The Bertz CT molecular complexity index is 323. The van der Waals surface area contributed by atoms with Gasteiger partial charge in [0.2, 0.25) is 0 Å². The summed E-state index contributed by atoms with van der Waals surface area (Å²) in [6, 6.07) is 1.83. The summed E-state index contributed by atoms with van der Waals surface area (Å²) in [5, 5.41) is 10.5. The van der Waals surface area contributed by atoms with Gasteiger partial charge in [-0.25, -0.2) is 0 Å². The summed E-state index contributed by atoms with van der Waals surface area (Å²) in [7, 11) is 0. The van der Waals surface area contributed by atoms with Crippen molar-refractivity contribution in [1.82, 2.24) is 25.8 Å². The Morgan fingerprint density at radius 3 is 2.88 bits per heavy atom. The van der Waals surface area contributed by atoms with Gasteiger partial charge >= 0.3 is 0 Å². The number of fused-ring (bicyclic) bond motifs is 6. The zero-order valence-corrected chi connectivity index (χ0v) is 10.3. The molecule has 0 aromatic carbocycles. The van der Waals surface area contributed by atoms with Crippen molar-refractivity contribution < 1.29 is 0 Å². The van der Waals surface area contributed by atoms with Crippen LogP contribution in [0.2, 0.25) is 0 Å². The minimum atomic E-state index is 0.559. The van der Waals surface area contributed by atoms with Crippen molar-refractivity contribution in [2.45, 2.75) is 37.4 Å². The molecule has 96 valence electrons. The van der Waals surface area contributed by atoms with Crippen molar-refractivity contribution in [3.63, 3.8) is 0 Å². The molecule has 0 amide bonds. The molecular weight excluding hydrogens is 216 g/mol. The molecule has 6 heteroatoms. The molecule has 6 atom stereocenters. The van der Waals surface area contributed by atoms with E-state index >= 15 is 0 Å². The minimum Gasteiger partial charge on any atom is -0.318 e. The van der Waals surface area contributed by atoms with Crippen LogP contribution in [0.25, 0.3) is 0 Å². The molecule has 4 fully saturated rings. The quantitative estimate of drug-likeness (QED) is 0.405. The molecule has 0 bridgehead atoms. The van der Waals surface area contributed by atoms with Crippen LogP contribution in [0.15, 0.2) is 0 Å². The fourth-order valence-electron chi connectivity index (χ4n) is 4.37. The van der Waals surface area contributed by atoms with Crippen LogP contribution < -0.4 is 21.7 Å². The predicted molar refractivity (Wildman–Crippen MR) is 64.8 cm³/mol. The first-order valence-corrected chi connectivity index (χ1v) is 6.73. The number of nitrogens with two attached hydrogens (primary N) is 1. The maximum absolute atomic E-state index is 5.62. The van der Waals surface area contributed by atoms with Gasteiger partial charge in [-0.2, -0.15) is 0 Å². The van der Waals surface area contributed by atoms with Crippen LogP contribution in [0.4, 0.5) is 0 Å². The van der Waals surface area contributed by atoms with E-state index in [1.807, 2.05) is 0 Å². The number of nitrogens with zero attached hydrogens (tertiary/aromatic N) is 2. The van der Waals surface area contributed by atoms with E-state index in [4.69, 9.17) is 5.73 Å². The lowest BCUT2D eigenvalue weighted by Gasteiger charge is -2.54. The Morgan fingerprint density at radius 1 is 1.24 bits per heavy atom. The average Bonchev–Trinajstić information content (AvgIpc) is 2.89. The van der Waals surface area contributed by atoms with Crippen molar-refractivity contribution >= 4 is 0 Å². The summed E-state index contributed by atoms with van der Waals surface area (Å²) in [5.41, 5.74) is 5.62. The summed E-state index contributed by atoms with van der Waals surface area (Å²) in [4.78, 5) is 5.32. The van der Waals surface area contributed by atoms with Gasteiger partial charge in [0.15, 0.2) is 0 Å². The van der Waals surface area contributed by atoms with Gasteiger partial charge in [-0.3, -0.25) is 20.4 Å². The summed E-state index contributed by atoms with van der Waals surface area (Å²) in [6.45, 7) is 6.26. The van der Waals surface area contributed by atoms with Crippen LogP contribution >= 0.6 is 0 Å². The largest absolute Gasteiger partial charge is 0.318 e. The Hall–Kier alpha value is -0.240. The molecule has 6 nitrogen and oxygen atoms in total. The third kappa shape index (κ3) is 1.26. The summed E-state index contributed by atoms with van der Waals surface area (Å²) in [6.07, 6.45) is 1.25. The van der Waals surface area contributed by atoms with Crippen LogP contribution in [0.5, 0.6) is 0 Å². The number of hydrogen-bond acceptors (Lipinski definition) is 6. The minimum absolute atomic E-state index is 0.559. The molecule has 4 heterocycles. The second kappa shape index (κ2) is 3.63. The van der Waals surface area contributed by atoms with Gasteiger partial charge in [0.25, 0.3) is 0 Å². The highest BCUT2D eigenvalue weighted by Crippen LogP contribution is 2.44. The first kappa shape index (κ1) is 10.7. The highest BCUT2D eigenvalue weighted by atomic mass is 15.6. The zero-order chi connectivity index (χ0) is 11.6. The molecule has 0 aromatic heterocycles. The molecular formula is C11H22N6. The van der Waals surface area contributed by atoms with Crippen molar-refractivity contribution in [3.05, 3.63) is 0 Å². The molecule has 0 spiro atoms. The van der Waals surface area contributed by atoms with Crippen molar-refractivity contribution in [2.24, 2.45) is 11.7 Å². The van der Waals surface area contributed by atoms with Crippen LogP contribution in [0, 0.1) is 5.92 Å². The van der Waals surface area contributed by atoms with Gasteiger partial charge in [0, 0.05) is 44.4 Å². The topological polar surface area (TPSA) is 68.6 Å². The van der Waals surface area contributed by atoms with E-state index in [0.717, 1.165) is 13.2 Å². The van der Waals surface area contributed by atoms with Crippen molar-refractivity contribution in [3.8, 4) is 0 Å². The van der Waals surface area contributed by atoms with Gasteiger partial charge in [-0.1, -0.05) is 6.92 Å². The first-order chi connectivity index (χ1) is 8.31. The normalized spacial score (nSPS) is 53.3. The van der Waals surface area contributed by atoms with E-state index in [-0.39, 0.29) is 0 Å². The Balaban J connectivity index is 1.53. The molecule has 4 aliphatic rings. The van der Waals surface area contributed by atoms with Crippen LogP contribution in [-0.2, 0) is 0 Å². The smallest absolute Gasteiger partial charge is 0.0823 e. The molecule has 17 heavy (non-hydrogen) atoms. The fraction of sp³-hybridized carbons (Fsp3) is 1.00. The number of nitrogens with one attached hydrogen (secondary N) is 3. The molecule has 6 unspecified atom stereocenters. The van der Waals surface area contributed by atoms with Crippen molar-refractivity contribution in [1.29, 1.82) is 0 Å². The van der Waals surface area contributed by atoms with Crippen LogP contribution in [-0.4, -0.2) is 66.7 Å². The monoisotopic (exact) mass is 238 g/mol. The van der Waals surface area contributed by atoms with Gasteiger partial charge in [-0.15, -0.1) is 0 Å². The SMILES string of the molecule is CC1C(NCN)CN2C1N1CC3NCNC3C21. The van der Waals surface area contributed by atoms with Crippen LogP contribution in [0.3, 0.4) is 0 Å². The summed E-state index contributed by atoms with van der Waals surface area (Å²) in [5.74, 6) is 0.675. The lowest BCUT2D eigenvalue weighted by Crippen LogP contribution is -2.70. The van der Waals surface area contributed by atoms with Gasteiger partial charge < -0.3 is 11.1 Å². The Morgan fingerprint density at radius 2 is 2.06 bits per heavy atom. The number of rotatable bonds is 2. The van der Waals surface area contributed by atoms with Gasteiger partial charge in [-0.05, 0) is 0 Å². The van der Waals surface area contributed by atoms with Crippen LogP contribution in [0.1, 0.15) is 6.92 Å². The van der Waals surface area contributed by atoms with E-state index in [1.165, 1.54) is 6.54 Å². The second-order valence-corrected chi connectivity index (χ2v) is 5.81. The van der Waals surface area contributed by atoms with E-state index in [2.05, 4.69) is 32.7 Å².